The lowest BCUT2D eigenvalue weighted by Gasteiger charge is -2.29. The molecule has 0 aliphatic carbocycles. The second-order valence-corrected chi connectivity index (χ2v) is 7.84. The van der Waals surface area contributed by atoms with Crippen molar-refractivity contribution in [3.05, 3.63) is 17.0 Å². The minimum absolute atomic E-state index is 0.0433. The van der Waals surface area contributed by atoms with Gasteiger partial charge in [-0.25, -0.2) is 0 Å². The van der Waals surface area contributed by atoms with Crippen molar-refractivity contribution in [1.82, 2.24) is 14.7 Å². The predicted octanol–water partition coefficient (Wildman–Crippen LogP) is 2.53. The minimum Gasteiger partial charge on any atom is -0.345 e. The van der Waals surface area contributed by atoms with Crippen molar-refractivity contribution in [3.63, 3.8) is 0 Å². The normalized spacial score (nSPS) is 12.0. The van der Waals surface area contributed by atoms with E-state index in [1.54, 1.807) is 4.90 Å². The molecule has 1 aromatic rings. The van der Waals surface area contributed by atoms with E-state index in [9.17, 15) is 4.79 Å². The molecule has 0 unspecified atom stereocenters. The van der Waals surface area contributed by atoms with Gasteiger partial charge >= 0.3 is 0 Å². The third kappa shape index (κ3) is 5.65. The van der Waals surface area contributed by atoms with Gasteiger partial charge in [0.15, 0.2) is 0 Å². The Morgan fingerprint density at radius 2 is 1.96 bits per heavy atom. The fraction of sp³-hybridized carbons (Fsp3) is 0.778. The number of amides is 1. The van der Waals surface area contributed by atoms with Crippen LogP contribution in [-0.2, 0) is 17.8 Å². The maximum atomic E-state index is 12.4. The molecule has 5 nitrogen and oxygen atoms in total. The Labute approximate surface area is 141 Å². The molecule has 0 atom stereocenters. The zero-order valence-electron chi connectivity index (χ0n) is 15.9. The first-order valence-electron chi connectivity index (χ1n) is 8.54. The van der Waals surface area contributed by atoms with E-state index < -0.39 is 0 Å². The summed E-state index contributed by atoms with van der Waals surface area (Å²) in [6, 6.07) is 0. The van der Waals surface area contributed by atoms with E-state index in [-0.39, 0.29) is 11.3 Å². The van der Waals surface area contributed by atoms with Gasteiger partial charge in [-0.05, 0) is 43.7 Å². The van der Waals surface area contributed by atoms with E-state index in [2.05, 4.69) is 44.4 Å². The molecule has 23 heavy (non-hydrogen) atoms. The van der Waals surface area contributed by atoms with Gasteiger partial charge in [-0.15, -0.1) is 0 Å². The molecule has 0 aliphatic heterocycles. The van der Waals surface area contributed by atoms with Gasteiger partial charge in [0, 0.05) is 32.3 Å². The van der Waals surface area contributed by atoms with Gasteiger partial charge in [0.1, 0.15) is 0 Å². The van der Waals surface area contributed by atoms with E-state index in [1.807, 2.05) is 14.0 Å². The Hall–Kier alpha value is -1.36. The summed E-state index contributed by atoms with van der Waals surface area (Å²) in [5.41, 5.74) is 9.15. The summed E-state index contributed by atoms with van der Waals surface area (Å²) in [6.45, 7) is 14.9. The topological polar surface area (TPSA) is 64.2 Å². The third-order valence-electron chi connectivity index (χ3n) is 4.30. The number of aromatic nitrogens is 2. The quantitative estimate of drug-likeness (QED) is 0.800. The Bertz CT molecular complexity index is 531. The zero-order chi connectivity index (χ0) is 17.8. The Morgan fingerprint density at radius 1 is 1.35 bits per heavy atom. The van der Waals surface area contributed by atoms with Gasteiger partial charge in [0.2, 0.25) is 5.91 Å². The molecule has 0 aliphatic rings. The van der Waals surface area contributed by atoms with Crippen molar-refractivity contribution >= 4 is 5.91 Å². The molecular weight excluding hydrogens is 288 g/mol. The number of hydrogen-bond acceptors (Lipinski definition) is 3. The lowest BCUT2D eigenvalue weighted by Crippen LogP contribution is -2.39. The summed E-state index contributed by atoms with van der Waals surface area (Å²) < 4.78 is 2.07. The van der Waals surface area contributed by atoms with Crippen molar-refractivity contribution in [1.29, 1.82) is 0 Å². The molecule has 5 heteroatoms. The Balaban J connectivity index is 2.68. The van der Waals surface area contributed by atoms with E-state index in [0.29, 0.717) is 25.4 Å². The van der Waals surface area contributed by atoms with Crippen LogP contribution < -0.4 is 5.73 Å². The van der Waals surface area contributed by atoms with Crippen molar-refractivity contribution in [2.75, 3.05) is 20.1 Å². The average Bonchev–Trinajstić information content (AvgIpc) is 2.69. The molecule has 132 valence electrons. The molecule has 2 N–H and O–H groups in total. The van der Waals surface area contributed by atoms with Crippen LogP contribution in [0.1, 0.15) is 51.1 Å². The number of nitrogens with zero attached hydrogens (tertiary/aromatic N) is 3. The molecule has 1 amide bonds. The monoisotopic (exact) mass is 322 g/mol. The summed E-state index contributed by atoms with van der Waals surface area (Å²) in [5.74, 6) is 0.731. The van der Waals surface area contributed by atoms with Crippen LogP contribution >= 0.6 is 0 Å². The van der Waals surface area contributed by atoms with Crippen molar-refractivity contribution < 1.29 is 4.79 Å². The van der Waals surface area contributed by atoms with Crippen molar-refractivity contribution in [3.8, 4) is 0 Å². The highest BCUT2D eigenvalue weighted by atomic mass is 16.2. The van der Waals surface area contributed by atoms with E-state index >= 15 is 0 Å². The highest BCUT2D eigenvalue weighted by molar-refractivity contribution is 5.76. The number of carbonyl (C=O) groups is 1. The van der Waals surface area contributed by atoms with Crippen LogP contribution in [0.4, 0.5) is 0 Å². The van der Waals surface area contributed by atoms with Gasteiger partial charge in [-0.1, -0.05) is 27.7 Å². The van der Waals surface area contributed by atoms with Crippen LogP contribution in [0.2, 0.25) is 0 Å². The van der Waals surface area contributed by atoms with Gasteiger partial charge < -0.3 is 10.6 Å². The highest BCUT2D eigenvalue weighted by Gasteiger charge is 2.21. The maximum absolute atomic E-state index is 12.4. The number of carbonyl (C=O) groups excluding carboxylic acids is 1. The number of rotatable bonds is 8. The van der Waals surface area contributed by atoms with Gasteiger partial charge in [-0.2, -0.15) is 5.10 Å². The predicted molar refractivity (Wildman–Crippen MR) is 95.3 cm³/mol. The molecule has 0 spiro atoms. The zero-order valence-corrected chi connectivity index (χ0v) is 15.9. The Kier molecular flexibility index (Phi) is 6.81. The molecule has 1 aromatic heterocycles. The van der Waals surface area contributed by atoms with Crippen molar-refractivity contribution in [2.45, 2.75) is 60.9 Å². The first-order valence-corrected chi connectivity index (χ1v) is 8.54. The summed E-state index contributed by atoms with van der Waals surface area (Å²) in [7, 11) is 1.86. The van der Waals surface area contributed by atoms with E-state index in [0.717, 1.165) is 18.7 Å². The number of hydrogen-bond donors (Lipinski definition) is 1. The van der Waals surface area contributed by atoms with Gasteiger partial charge in [0.25, 0.3) is 0 Å². The molecule has 0 bridgehead atoms. The fourth-order valence-electron chi connectivity index (χ4n) is 2.84. The highest BCUT2D eigenvalue weighted by Crippen LogP contribution is 2.18. The summed E-state index contributed by atoms with van der Waals surface area (Å²) in [6.07, 6.45) is 1.27. The molecular formula is C18H34N4O. The summed E-state index contributed by atoms with van der Waals surface area (Å²) in [5, 5.41) is 4.62. The second kappa shape index (κ2) is 7.95. The van der Waals surface area contributed by atoms with Gasteiger partial charge in [0.05, 0.1) is 5.69 Å². The number of nitrogens with two attached hydrogens (primary N) is 1. The molecule has 0 fully saturated rings. The molecule has 0 aromatic carbocycles. The minimum atomic E-state index is -0.0433. The lowest BCUT2D eigenvalue weighted by atomic mass is 9.93. The molecule has 0 radical (unpaired) electrons. The molecule has 1 rings (SSSR count). The number of aryl methyl sites for hydroxylation is 1. The molecule has 0 saturated heterocycles. The standard InChI is InChI=1S/C18H34N4O/c1-13(2)10-22-15(4)16(14(3)20-22)8-9-17(23)21(7)12-18(5,6)11-19/h13H,8-12,19H2,1-7H3. The fourth-order valence-corrected chi connectivity index (χ4v) is 2.84. The smallest absolute Gasteiger partial charge is 0.222 e. The molecule has 1 heterocycles. The van der Waals surface area contributed by atoms with Crippen LogP contribution in [0.15, 0.2) is 0 Å². The summed E-state index contributed by atoms with van der Waals surface area (Å²) >= 11 is 0. The van der Waals surface area contributed by atoms with Crippen molar-refractivity contribution in [2.24, 2.45) is 17.1 Å². The SMILES string of the molecule is Cc1nn(CC(C)C)c(C)c1CCC(=O)N(C)CC(C)(C)CN. The second-order valence-electron chi connectivity index (χ2n) is 7.84. The summed E-state index contributed by atoms with van der Waals surface area (Å²) in [4.78, 5) is 14.2. The first kappa shape index (κ1) is 19.7. The van der Waals surface area contributed by atoms with Crippen LogP contribution in [0, 0.1) is 25.2 Å². The molecule has 0 saturated carbocycles. The van der Waals surface area contributed by atoms with Crippen LogP contribution in [0.5, 0.6) is 0 Å². The van der Waals surface area contributed by atoms with E-state index in [4.69, 9.17) is 5.73 Å². The van der Waals surface area contributed by atoms with Gasteiger partial charge in [-0.3, -0.25) is 9.48 Å². The van der Waals surface area contributed by atoms with Crippen LogP contribution in [0.25, 0.3) is 0 Å². The largest absolute Gasteiger partial charge is 0.345 e. The third-order valence-corrected chi connectivity index (χ3v) is 4.30. The maximum Gasteiger partial charge on any atom is 0.222 e. The Morgan fingerprint density at radius 3 is 2.48 bits per heavy atom. The van der Waals surface area contributed by atoms with Crippen LogP contribution in [0.3, 0.4) is 0 Å². The van der Waals surface area contributed by atoms with E-state index in [1.165, 1.54) is 11.3 Å². The lowest BCUT2D eigenvalue weighted by molar-refractivity contribution is -0.131. The first-order chi connectivity index (χ1) is 10.6. The average molecular weight is 322 g/mol. The van der Waals surface area contributed by atoms with Crippen LogP contribution in [-0.4, -0.2) is 40.7 Å².